The van der Waals surface area contributed by atoms with E-state index in [0.717, 1.165) is 0 Å². The molecule has 0 spiro atoms. The summed E-state index contributed by atoms with van der Waals surface area (Å²) in [5.41, 5.74) is 0.297. The summed E-state index contributed by atoms with van der Waals surface area (Å²) in [5.74, 6) is 0. The van der Waals surface area contributed by atoms with Gasteiger partial charge in [0.2, 0.25) is 0 Å². The molecule has 0 saturated carbocycles. The van der Waals surface area contributed by atoms with E-state index in [-0.39, 0.29) is 15.3 Å². The number of hydrogen-bond donors (Lipinski definition) is 1. The molecule has 104 valence electrons. The zero-order valence-electron chi connectivity index (χ0n) is 9.62. The molecular formula is C10H6Cl2N4O2S2. The molecule has 0 aliphatic carbocycles. The Hall–Kier alpha value is -1.35. The maximum Gasteiger partial charge on any atom is 0.281 e. The lowest BCUT2D eigenvalue weighted by atomic mass is 10.4. The lowest BCUT2D eigenvalue weighted by Gasteiger charge is -2.07. The second-order valence-corrected chi connectivity index (χ2v) is 6.95. The molecule has 0 radical (unpaired) electrons. The maximum atomic E-state index is 12.4. The number of aromatic nitrogens is 3. The van der Waals surface area contributed by atoms with Crippen molar-refractivity contribution in [2.45, 2.75) is 5.03 Å². The summed E-state index contributed by atoms with van der Waals surface area (Å²) in [6.07, 6.45) is 2.99. The molecule has 3 heterocycles. The largest absolute Gasteiger partial charge is 0.281 e. The van der Waals surface area contributed by atoms with Crippen molar-refractivity contribution in [3.63, 3.8) is 0 Å². The number of hydrogen-bond acceptors (Lipinski definition) is 5. The molecule has 3 rings (SSSR count). The molecular weight excluding hydrogens is 343 g/mol. The number of fused-ring (bicyclic) bond motifs is 1. The van der Waals surface area contributed by atoms with Gasteiger partial charge in [-0.3, -0.25) is 9.12 Å². The van der Waals surface area contributed by atoms with Gasteiger partial charge in [-0.05, 0) is 12.1 Å². The smallest absolute Gasteiger partial charge is 0.278 e. The molecule has 0 unspecified atom stereocenters. The standard InChI is InChI=1S/C10H6Cl2N4O2S2/c11-7-5-6(1-2-13-7)15-20(17,18)9-8(12)14-10-16(9)3-4-19-10/h1-5H,(H,13,15). The highest BCUT2D eigenvalue weighted by Crippen LogP contribution is 2.27. The highest BCUT2D eigenvalue weighted by molar-refractivity contribution is 7.92. The van der Waals surface area contributed by atoms with E-state index >= 15 is 0 Å². The predicted molar refractivity (Wildman–Crippen MR) is 78.1 cm³/mol. The van der Waals surface area contributed by atoms with Crippen LogP contribution in [0.5, 0.6) is 0 Å². The molecule has 0 aromatic carbocycles. The zero-order valence-corrected chi connectivity index (χ0v) is 12.8. The second kappa shape index (κ2) is 4.88. The molecule has 10 heteroatoms. The Morgan fingerprint density at radius 3 is 2.90 bits per heavy atom. The highest BCUT2D eigenvalue weighted by atomic mass is 35.5. The average molecular weight is 349 g/mol. The van der Waals surface area contributed by atoms with Crippen LogP contribution in [0.1, 0.15) is 0 Å². The molecule has 1 N–H and O–H groups in total. The van der Waals surface area contributed by atoms with Crippen LogP contribution in [0.4, 0.5) is 5.69 Å². The Labute approximate surface area is 128 Å². The Morgan fingerprint density at radius 2 is 2.15 bits per heavy atom. The van der Waals surface area contributed by atoms with E-state index in [9.17, 15) is 8.42 Å². The summed E-state index contributed by atoms with van der Waals surface area (Å²) < 4.78 is 28.6. The number of thiazole rings is 1. The third kappa shape index (κ3) is 2.35. The van der Waals surface area contributed by atoms with Crippen LogP contribution in [0.25, 0.3) is 4.96 Å². The number of pyridine rings is 1. The van der Waals surface area contributed by atoms with Gasteiger partial charge in [-0.15, -0.1) is 11.3 Å². The topological polar surface area (TPSA) is 76.4 Å². The minimum atomic E-state index is -3.88. The first-order valence-electron chi connectivity index (χ1n) is 5.23. The van der Waals surface area contributed by atoms with Crippen molar-refractivity contribution in [1.82, 2.24) is 14.4 Å². The molecule has 0 atom stereocenters. The molecule has 0 aliphatic heterocycles. The van der Waals surface area contributed by atoms with Gasteiger partial charge < -0.3 is 0 Å². The fourth-order valence-corrected chi connectivity index (χ4v) is 4.33. The van der Waals surface area contributed by atoms with Crippen molar-refractivity contribution in [1.29, 1.82) is 0 Å². The Morgan fingerprint density at radius 1 is 1.35 bits per heavy atom. The van der Waals surface area contributed by atoms with Gasteiger partial charge in [-0.25, -0.2) is 9.97 Å². The van der Waals surface area contributed by atoms with Crippen molar-refractivity contribution in [2.24, 2.45) is 0 Å². The van der Waals surface area contributed by atoms with Gasteiger partial charge in [0.25, 0.3) is 10.0 Å². The fraction of sp³-hybridized carbons (Fsp3) is 0. The van der Waals surface area contributed by atoms with Crippen LogP contribution in [-0.4, -0.2) is 22.8 Å². The molecule has 0 bridgehead atoms. The molecule has 6 nitrogen and oxygen atoms in total. The average Bonchev–Trinajstić information content (AvgIpc) is 2.87. The van der Waals surface area contributed by atoms with Gasteiger partial charge in [-0.2, -0.15) is 8.42 Å². The minimum absolute atomic E-state index is 0.0792. The van der Waals surface area contributed by atoms with Crippen molar-refractivity contribution in [3.05, 3.63) is 40.2 Å². The van der Waals surface area contributed by atoms with Crippen LogP contribution >= 0.6 is 34.5 Å². The van der Waals surface area contributed by atoms with Gasteiger partial charge in [0.05, 0.1) is 5.69 Å². The Bertz CT molecular complexity index is 888. The van der Waals surface area contributed by atoms with Crippen molar-refractivity contribution < 1.29 is 8.42 Å². The van der Waals surface area contributed by atoms with Gasteiger partial charge in [-0.1, -0.05) is 23.2 Å². The monoisotopic (exact) mass is 348 g/mol. The van der Waals surface area contributed by atoms with Crippen LogP contribution in [0, 0.1) is 0 Å². The van der Waals surface area contributed by atoms with E-state index in [0.29, 0.717) is 10.6 Å². The fourth-order valence-electron chi connectivity index (χ4n) is 1.65. The van der Waals surface area contributed by atoms with Crippen LogP contribution in [0.2, 0.25) is 10.3 Å². The van der Waals surface area contributed by atoms with E-state index in [1.807, 2.05) is 0 Å². The quantitative estimate of drug-likeness (QED) is 0.738. The number of rotatable bonds is 3. The molecule has 0 amide bonds. The zero-order chi connectivity index (χ0) is 14.3. The van der Waals surface area contributed by atoms with E-state index in [1.165, 1.54) is 34.1 Å². The SMILES string of the molecule is O=S(=O)(Nc1ccnc(Cl)c1)c1c(Cl)nc2sccn12. The van der Waals surface area contributed by atoms with E-state index in [2.05, 4.69) is 14.7 Å². The van der Waals surface area contributed by atoms with Gasteiger partial charge in [0.1, 0.15) is 5.15 Å². The number of anilines is 1. The number of nitrogens with zero attached hydrogens (tertiary/aromatic N) is 3. The molecule has 20 heavy (non-hydrogen) atoms. The Kier molecular flexibility index (Phi) is 3.33. The second-order valence-electron chi connectivity index (χ2n) is 3.74. The number of sulfonamides is 1. The lowest BCUT2D eigenvalue weighted by Crippen LogP contribution is -2.15. The summed E-state index contributed by atoms with van der Waals surface area (Å²) >= 11 is 12.9. The van der Waals surface area contributed by atoms with Gasteiger partial charge in [0, 0.05) is 17.8 Å². The van der Waals surface area contributed by atoms with Crippen LogP contribution in [0.15, 0.2) is 34.9 Å². The predicted octanol–water partition coefficient (Wildman–Crippen LogP) is 2.90. The first kappa shape index (κ1) is 13.6. The molecule has 0 fully saturated rings. The molecule has 3 aromatic heterocycles. The molecule has 0 aliphatic rings. The summed E-state index contributed by atoms with van der Waals surface area (Å²) in [7, 11) is -3.88. The molecule has 3 aromatic rings. The maximum absolute atomic E-state index is 12.4. The van der Waals surface area contributed by atoms with E-state index in [4.69, 9.17) is 23.2 Å². The number of imidazole rings is 1. The number of halogens is 2. The minimum Gasteiger partial charge on any atom is -0.278 e. The summed E-state index contributed by atoms with van der Waals surface area (Å²) in [6, 6.07) is 2.89. The van der Waals surface area contributed by atoms with E-state index in [1.54, 1.807) is 11.6 Å². The van der Waals surface area contributed by atoms with Crippen molar-refractivity contribution >= 4 is 55.2 Å². The van der Waals surface area contributed by atoms with Crippen molar-refractivity contribution in [3.8, 4) is 0 Å². The van der Waals surface area contributed by atoms with Crippen molar-refractivity contribution in [2.75, 3.05) is 4.72 Å². The molecule has 0 saturated heterocycles. The highest BCUT2D eigenvalue weighted by Gasteiger charge is 2.25. The summed E-state index contributed by atoms with van der Waals surface area (Å²) in [5, 5.41) is 1.72. The summed E-state index contributed by atoms with van der Waals surface area (Å²) in [4.78, 5) is 8.27. The van der Waals surface area contributed by atoms with Crippen LogP contribution in [-0.2, 0) is 10.0 Å². The van der Waals surface area contributed by atoms with Crippen LogP contribution < -0.4 is 4.72 Å². The third-order valence-corrected chi connectivity index (χ3v) is 5.15. The van der Waals surface area contributed by atoms with Gasteiger partial charge >= 0.3 is 0 Å². The third-order valence-electron chi connectivity index (χ3n) is 2.41. The number of nitrogens with one attached hydrogen (secondary N) is 1. The van der Waals surface area contributed by atoms with Gasteiger partial charge in [0.15, 0.2) is 15.1 Å². The first-order chi connectivity index (χ1) is 9.47. The lowest BCUT2D eigenvalue weighted by molar-refractivity contribution is 0.596. The normalized spacial score (nSPS) is 11.9. The summed E-state index contributed by atoms with van der Waals surface area (Å²) in [6.45, 7) is 0. The van der Waals surface area contributed by atoms with E-state index < -0.39 is 10.0 Å². The Balaban J connectivity index is 2.08. The first-order valence-corrected chi connectivity index (χ1v) is 8.35. The van der Waals surface area contributed by atoms with Crippen LogP contribution in [0.3, 0.4) is 0 Å².